The molecule has 0 fully saturated rings. The molecule has 0 radical (unpaired) electrons. The Bertz CT molecular complexity index is 798. The second kappa shape index (κ2) is 6.55. The number of aryl methyl sites for hydroxylation is 1. The van der Waals surface area contributed by atoms with Crippen LogP contribution < -0.4 is 5.56 Å². The second-order valence-electron chi connectivity index (χ2n) is 6.56. The molecule has 0 bridgehead atoms. The van der Waals surface area contributed by atoms with Gasteiger partial charge >= 0.3 is 0 Å². The molecule has 1 atom stereocenters. The topological polar surface area (TPSA) is 68.1 Å². The Morgan fingerprint density at radius 3 is 2.75 bits per heavy atom. The highest BCUT2D eigenvalue weighted by Crippen LogP contribution is 2.27. The van der Waals surface area contributed by atoms with Crippen LogP contribution in [0.15, 0.2) is 35.3 Å². The van der Waals surface area contributed by atoms with Gasteiger partial charge in [-0.1, -0.05) is 19.9 Å². The number of carbonyl (C=O) groups is 1. The first-order valence-electron chi connectivity index (χ1n) is 8.23. The van der Waals surface area contributed by atoms with E-state index in [-0.39, 0.29) is 23.3 Å². The lowest BCUT2D eigenvalue weighted by Gasteiger charge is -2.32. The number of pyridine rings is 1. The monoisotopic (exact) mass is 326 g/mol. The maximum atomic E-state index is 13.1. The van der Waals surface area contributed by atoms with Gasteiger partial charge in [0.2, 0.25) is 5.91 Å². The highest BCUT2D eigenvalue weighted by Gasteiger charge is 2.32. The van der Waals surface area contributed by atoms with Crippen LogP contribution in [0.25, 0.3) is 0 Å². The van der Waals surface area contributed by atoms with Gasteiger partial charge in [-0.2, -0.15) is 5.10 Å². The molecule has 1 aliphatic heterocycles. The van der Waals surface area contributed by atoms with Crippen LogP contribution in [0.2, 0.25) is 0 Å². The molecule has 2 aromatic rings. The van der Waals surface area contributed by atoms with E-state index in [1.807, 2.05) is 36.9 Å². The van der Waals surface area contributed by atoms with Gasteiger partial charge in [0.25, 0.3) is 5.56 Å². The quantitative estimate of drug-likeness (QED) is 0.857. The summed E-state index contributed by atoms with van der Waals surface area (Å²) in [5.41, 5.74) is 2.40. The molecule has 126 valence electrons. The SMILES string of the molecule is CC(C)C(C(=O)N1CCc2nn(C)c(=O)cc2C1)c1ccccn1. The van der Waals surface area contributed by atoms with Gasteiger partial charge in [0.1, 0.15) is 0 Å². The minimum absolute atomic E-state index is 0.0648. The maximum absolute atomic E-state index is 13.1. The predicted molar refractivity (Wildman–Crippen MR) is 90.4 cm³/mol. The van der Waals surface area contributed by atoms with Gasteiger partial charge in [-0.3, -0.25) is 14.6 Å². The van der Waals surface area contributed by atoms with Crippen molar-refractivity contribution in [3.8, 4) is 0 Å². The molecule has 0 saturated carbocycles. The van der Waals surface area contributed by atoms with Crippen molar-refractivity contribution in [3.63, 3.8) is 0 Å². The number of rotatable bonds is 3. The molecule has 0 aromatic carbocycles. The highest BCUT2D eigenvalue weighted by molar-refractivity contribution is 5.83. The van der Waals surface area contributed by atoms with Crippen molar-refractivity contribution in [2.75, 3.05) is 6.54 Å². The van der Waals surface area contributed by atoms with Crippen LogP contribution in [0.3, 0.4) is 0 Å². The van der Waals surface area contributed by atoms with Gasteiger partial charge in [-0.15, -0.1) is 0 Å². The summed E-state index contributed by atoms with van der Waals surface area (Å²) in [6.07, 6.45) is 2.39. The fraction of sp³-hybridized carbons (Fsp3) is 0.444. The van der Waals surface area contributed by atoms with Gasteiger partial charge < -0.3 is 4.90 Å². The van der Waals surface area contributed by atoms with E-state index in [1.165, 1.54) is 4.68 Å². The molecule has 2 aromatic heterocycles. The summed E-state index contributed by atoms with van der Waals surface area (Å²) in [7, 11) is 1.65. The zero-order valence-electron chi connectivity index (χ0n) is 14.3. The third-order valence-corrected chi connectivity index (χ3v) is 4.49. The fourth-order valence-corrected chi connectivity index (χ4v) is 3.19. The van der Waals surface area contributed by atoms with Crippen molar-refractivity contribution in [1.82, 2.24) is 19.7 Å². The maximum Gasteiger partial charge on any atom is 0.266 e. The minimum atomic E-state index is -0.271. The van der Waals surface area contributed by atoms with Crippen molar-refractivity contribution in [3.05, 3.63) is 57.8 Å². The molecule has 0 saturated heterocycles. The Morgan fingerprint density at radius 2 is 2.08 bits per heavy atom. The van der Waals surface area contributed by atoms with Crippen molar-refractivity contribution in [1.29, 1.82) is 0 Å². The van der Waals surface area contributed by atoms with Gasteiger partial charge in [0, 0.05) is 44.4 Å². The van der Waals surface area contributed by atoms with E-state index in [4.69, 9.17) is 0 Å². The molecule has 3 heterocycles. The van der Waals surface area contributed by atoms with Crippen LogP contribution >= 0.6 is 0 Å². The number of fused-ring (bicyclic) bond motifs is 1. The van der Waals surface area contributed by atoms with Crippen LogP contribution in [0.1, 0.15) is 36.7 Å². The molecule has 0 N–H and O–H groups in total. The molecule has 6 nitrogen and oxygen atoms in total. The van der Waals surface area contributed by atoms with E-state index in [9.17, 15) is 9.59 Å². The zero-order chi connectivity index (χ0) is 17.3. The molecular formula is C18H22N4O2. The van der Waals surface area contributed by atoms with E-state index < -0.39 is 0 Å². The summed E-state index contributed by atoms with van der Waals surface area (Å²) in [6.45, 7) is 5.12. The van der Waals surface area contributed by atoms with Crippen LogP contribution in [0.5, 0.6) is 0 Å². The zero-order valence-corrected chi connectivity index (χ0v) is 14.3. The Kier molecular flexibility index (Phi) is 4.46. The third-order valence-electron chi connectivity index (χ3n) is 4.49. The first-order valence-corrected chi connectivity index (χ1v) is 8.23. The van der Waals surface area contributed by atoms with Crippen LogP contribution in [-0.4, -0.2) is 32.1 Å². The Hall–Kier alpha value is -2.50. The molecule has 0 spiro atoms. The lowest BCUT2D eigenvalue weighted by Crippen LogP contribution is -2.41. The molecule has 1 amide bonds. The van der Waals surface area contributed by atoms with Gasteiger partial charge in [0.05, 0.1) is 17.3 Å². The van der Waals surface area contributed by atoms with Gasteiger partial charge in [-0.25, -0.2) is 4.68 Å². The predicted octanol–water partition coefficient (Wildman–Crippen LogP) is 1.50. The number of nitrogens with zero attached hydrogens (tertiary/aromatic N) is 4. The van der Waals surface area contributed by atoms with Crippen molar-refractivity contribution in [2.45, 2.75) is 32.7 Å². The second-order valence-corrected chi connectivity index (χ2v) is 6.56. The molecule has 24 heavy (non-hydrogen) atoms. The summed E-state index contributed by atoms with van der Waals surface area (Å²) in [5.74, 6) is -0.0575. The average molecular weight is 326 g/mol. The van der Waals surface area contributed by atoms with E-state index in [1.54, 1.807) is 19.3 Å². The summed E-state index contributed by atoms with van der Waals surface area (Å²) >= 11 is 0. The van der Waals surface area contributed by atoms with Crippen molar-refractivity contribution < 1.29 is 4.79 Å². The Morgan fingerprint density at radius 1 is 1.29 bits per heavy atom. The van der Waals surface area contributed by atoms with Gasteiger partial charge in [0.15, 0.2) is 0 Å². The van der Waals surface area contributed by atoms with Gasteiger partial charge in [-0.05, 0) is 18.1 Å². The third kappa shape index (κ3) is 3.09. The molecule has 1 aliphatic rings. The van der Waals surface area contributed by atoms with E-state index >= 15 is 0 Å². The number of hydrogen-bond acceptors (Lipinski definition) is 4. The van der Waals surface area contributed by atoms with Crippen molar-refractivity contribution in [2.24, 2.45) is 13.0 Å². The normalized spacial score (nSPS) is 15.2. The molecule has 1 unspecified atom stereocenters. The summed E-state index contributed by atoms with van der Waals surface area (Å²) in [6, 6.07) is 7.25. The highest BCUT2D eigenvalue weighted by atomic mass is 16.2. The Balaban J connectivity index is 1.87. The van der Waals surface area contributed by atoms with E-state index in [0.29, 0.717) is 19.5 Å². The van der Waals surface area contributed by atoms with Crippen LogP contribution in [0.4, 0.5) is 0 Å². The average Bonchev–Trinajstić information content (AvgIpc) is 2.56. The summed E-state index contributed by atoms with van der Waals surface area (Å²) in [4.78, 5) is 31.1. The smallest absolute Gasteiger partial charge is 0.266 e. The van der Waals surface area contributed by atoms with Crippen molar-refractivity contribution >= 4 is 5.91 Å². The fourth-order valence-electron chi connectivity index (χ4n) is 3.19. The van der Waals surface area contributed by atoms with Crippen LogP contribution in [0, 0.1) is 5.92 Å². The summed E-state index contributed by atoms with van der Waals surface area (Å²) < 4.78 is 1.35. The lowest BCUT2D eigenvalue weighted by atomic mass is 9.89. The molecule has 0 aliphatic carbocycles. The number of hydrogen-bond donors (Lipinski definition) is 0. The van der Waals surface area contributed by atoms with E-state index in [0.717, 1.165) is 17.0 Å². The first kappa shape index (κ1) is 16.4. The summed E-state index contributed by atoms with van der Waals surface area (Å²) in [5, 5.41) is 4.30. The van der Waals surface area contributed by atoms with E-state index in [2.05, 4.69) is 10.1 Å². The largest absolute Gasteiger partial charge is 0.337 e. The number of carbonyl (C=O) groups excluding carboxylic acids is 1. The standard InChI is InChI=1S/C18H22N4O2/c1-12(2)17(15-6-4-5-8-19-15)18(24)22-9-7-14-13(11-22)10-16(23)21(3)20-14/h4-6,8,10,12,17H,7,9,11H2,1-3H3. The first-order chi connectivity index (χ1) is 11.5. The molecule has 3 rings (SSSR count). The number of amides is 1. The number of aromatic nitrogens is 3. The lowest BCUT2D eigenvalue weighted by molar-refractivity contribution is -0.135. The van der Waals surface area contributed by atoms with Crippen LogP contribution in [-0.2, 0) is 24.8 Å². The minimum Gasteiger partial charge on any atom is -0.337 e. The Labute approximate surface area is 141 Å². The molecule has 6 heteroatoms. The molecular weight excluding hydrogens is 304 g/mol.